The predicted molar refractivity (Wildman–Crippen MR) is 92.0 cm³/mol. The Kier molecular flexibility index (Phi) is 5.49. The molecule has 1 N–H and O–H groups in total. The molecule has 0 saturated carbocycles. The monoisotopic (exact) mass is 471 g/mol. The van der Waals surface area contributed by atoms with Crippen molar-refractivity contribution < 1.29 is 0 Å². The maximum absolute atomic E-state index is 3.57. The molecular weight excluding hydrogens is 462 g/mol. The molecule has 0 fully saturated rings. The minimum Gasteiger partial charge on any atom is -0.306 e. The van der Waals surface area contributed by atoms with E-state index in [0.29, 0.717) is 0 Å². The van der Waals surface area contributed by atoms with Gasteiger partial charge in [0.15, 0.2) is 0 Å². The molecule has 1 unspecified atom stereocenters. The van der Waals surface area contributed by atoms with Gasteiger partial charge in [0.05, 0.1) is 13.6 Å². The predicted octanol–water partition coefficient (Wildman–Crippen LogP) is 6.10. The highest BCUT2D eigenvalue weighted by Gasteiger charge is 2.20. The zero-order valence-electron chi connectivity index (χ0n) is 9.89. The first-order valence-electron chi connectivity index (χ1n) is 5.46. The summed E-state index contributed by atoms with van der Waals surface area (Å²) in [5.74, 6) is 0. The van der Waals surface area contributed by atoms with Crippen LogP contribution in [-0.4, -0.2) is 6.54 Å². The van der Waals surface area contributed by atoms with Crippen molar-refractivity contribution in [1.82, 2.24) is 5.32 Å². The molecule has 2 rings (SSSR count). The van der Waals surface area contributed by atoms with Crippen molar-refractivity contribution in [2.75, 3.05) is 6.54 Å². The fraction of sp³-hybridized carbons (Fsp3) is 0.333. The zero-order chi connectivity index (χ0) is 13.3. The van der Waals surface area contributed by atoms with Crippen molar-refractivity contribution in [3.63, 3.8) is 0 Å². The summed E-state index contributed by atoms with van der Waals surface area (Å²) < 4.78 is 3.46. The molecular formula is C12H12Br3NS2. The number of halogens is 3. The van der Waals surface area contributed by atoms with Crippen LogP contribution in [0.4, 0.5) is 0 Å². The third kappa shape index (κ3) is 3.27. The van der Waals surface area contributed by atoms with Crippen molar-refractivity contribution in [1.29, 1.82) is 0 Å². The van der Waals surface area contributed by atoms with Gasteiger partial charge in [-0.05, 0) is 79.0 Å². The summed E-state index contributed by atoms with van der Waals surface area (Å²) >= 11 is 14.3. The molecule has 1 nitrogen and oxygen atoms in total. The quantitative estimate of drug-likeness (QED) is 0.565. The van der Waals surface area contributed by atoms with E-state index >= 15 is 0 Å². The van der Waals surface area contributed by atoms with Crippen molar-refractivity contribution in [3.05, 3.63) is 39.5 Å². The first-order valence-corrected chi connectivity index (χ1v) is 9.48. The van der Waals surface area contributed by atoms with E-state index in [9.17, 15) is 0 Å². The Labute approximate surface area is 140 Å². The fourth-order valence-corrected chi connectivity index (χ4v) is 5.75. The van der Waals surface area contributed by atoms with Crippen LogP contribution < -0.4 is 5.32 Å². The van der Waals surface area contributed by atoms with E-state index in [-0.39, 0.29) is 6.04 Å². The van der Waals surface area contributed by atoms with E-state index in [0.717, 1.165) is 14.8 Å². The number of rotatable bonds is 4. The third-order valence-corrected chi connectivity index (χ3v) is 7.48. The molecule has 98 valence electrons. The van der Waals surface area contributed by atoms with Gasteiger partial charge in [0.2, 0.25) is 0 Å². The number of aryl methyl sites for hydroxylation is 1. The standard InChI is InChI=1S/C12H12Br3NS2/c1-3-16-11(7-4-10(14)17-6(7)2)9-5-8(13)12(15)18-9/h4-5,11,16H,3H2,1-2H3. The van der Waals surface area contributed by atoms with Gasteiger partial charge in [-0.25, -0.2) is 0 Å². The molecule has 0 aliphatic heterocycles. The SMILES string of the molecule is CCNC(c1cc(Br)c(Br)s1)c1cc(Br)sc1C. The highest BCUT2D eigenvalue weighted by atomic mass is 79.9. The Bertz CT molecular complexity index is 528. The number of hydrogen-bond acceptors (Lipinski definition) is 3. The molecule has 2 aromatic rings. The molecule has 18 heavy (non-hydrogen) atoms. The summed E-state index contributed by atoms with van der Waals surface area (Å²) in [7, 11) is 0. The number of hydrogen-bond donors (Lipinski definition) is 1. The van der Waals surface area contributed by atoms with Crippen molar-refractivity contribution in [3.8, 4) is 0 Å². The first-order chi connectivity index (χ1) is 8.52. The summed E-state index contributed by atoms with van der Waals surface area (Å²) in [5, 5.41) is 3.56. The minimum absolute atomic E-state index is 0.269. The summed E-state index contributed by atoms with van der Waals surface area (Å²) in [6.45, 7) is 5.26. The Hall–Kier alpha value is 0.800. The van der Waals surface area contributed by atoms with Gasteiger partial charge in [0, 0.05) is 14.2 Å². The van der Waals surface area contributed by atoms with Gasteiger partial charge in [-0.1, -0.05) is 6.92 Å². The topological polar surface area (TPSA) is 12.0 Å². The molecule has 0 amide bonds. The van der Waals surface area contributed by atoms with Gasteiger partial charge in [0.25, 0.3) is 0 Å². The molecule has 1 atom stereocenters. The van der Waals surface area contributed by atoms with E-state index in [2.05, 4.69) is 79.1 Å². The van der Waals surface area contributed by atoms with Crippen LogP contribution in [0.25, 0.3) is 0 Å². The van der Waals surface area contributed by atoms with Gasteiger partial charge in [0.1, 0.15) is 0 Å². The summed E-state index contributed by atoms with van der Waals surface area (Å²) in [6.07, 6.45) is 0. The second kappa shape index (κ2) is 6.50. The van der Waals surface area contributed by atoms with Crippen molar-refractivity contribution >= 4 is 70.5 Å². The maximum Gasteiger partial charge on any atom is 0.0843 e. The average molecular weight is 474 g/mol. The largest absolute Gasteiger partial charge is 0.306 e. The fourth-order valence-electron chi connectivity index (χ4n) is 1.82. The van der Waals surface area contributed by atoms with Crippen LogP contribution in [0.1, 0.15) is 28.3 Å². The summed E-state index contributed by atoms with van der Waals surface area (Å²) in [6, 6.07) is 4.67. The lowest BCUT2D eigenvalue weighted by molar-refractivity contribution is 0.639. The van der Waals surface area contributed by atoms with Crippen LogP contribution in [0, 0.1) is 6.92 Å². The molecule has 0 spiro atoms. The van der Waals surface area contributed by atoms with Gasteiger partial charge in [-0.15, -0.1) is 22.7 Å². The van der Waals surface area contributed by atoms with Crippen LogP contribution >= 0.6 is 70.5 Å². The molecule has 2 heterocycles. The van der Waals surface area contributed by atoms with Crippen molar-refractivity contribution in [2.24, 2.45) is 0 Å². The molecule has 6 heteroatoms. The highest BCUT2D eigenvalue weighted by molar-refractivity contribution is 9.13. The van der Waals surface area contributed by atoms with Crippen LogP contribution in [0.3, 0.4) is 0 Å². The van der Waals surface area contributed by atoms with E-state index in [1.165, 1.54) is 19.1 Å². The van der Waals surface area contributed by atoms with E-state index in [4.69, 9.17) is 0 Å². The molecule has 0 bridgehead atoms. The Morgan fingerprint density at radius 2 is 1.94 bits per heavy atom. The normalized spacial score (nSPS) is 12.9. The summed E-state index contributed by atoms with van der Waals surface area (Å²) in [5.41, 5.74) is 1.36. The molecule has 0 radical (unpaired) electrons. The van der Waals surface area contributed by atoms with Gasteiger partial charge in [-0.2, -0.15) is 0 Å². The molecule has 0 aliphatic carbocycles. The van der Waals surface area contributed by atoms with Gasteiger partial charge in [-0.3, -0.25) is 0 Å². The Morgan fingerprint density at radius 1 is 1.22 bits per heavy atom. The van der Waals surface area contributed by atoms with Gasteiger partial charge < -0.3 is 5.32 Å². The lowest BCUT2D eigenvalue weighted by Crippen LogP contribution is -2.21. The van der Waals surface area contributed by atoms with E-state index in [1.807, 2.05) is 0 Å². The van der Waals surface area contributed by atoms with Gasteiger partial charge >= 0.3 is 0 Å². The lowest BCUT2D eigenvalue weighted by atomic mass is 10.1. The Morgan fingerprint density at radius 3 is 2.39 bits per heavy atom. The average Bonchev–Trinajstić information content (AvgIpc) is 2.79. The molecule has 2 aromatic heterocycles. The number of thiophene rings is 2. The first kappa shape index (κ1) is 15.2. The molecule has 0 saturated heterocycles. The molecule has 0 aromatic carbocycles. The number of nitrogens with one attached hydrogen (secondary N) is 1. The lowest BCUT2D eigenvalue weighted by Gasteiger charge is -2.16. The minimum atomic E-state index is 0.269. The second-order valence-corrected chi connectivity index (χ2v) is 9.71. The highest BCUT2D eigenvalue weighted by Crippen LogP contribution is 2.40. The van der Waals surface area contributed by atoms with E-state index in [1.54, 1.807) is 22.7 Å². The second-order valence-electron chi connectivity index (χ2n) is 3.82. The Balaban J connectivity index is 2.42. The van der Waals surface area contributed by atoms with E-state index < -0.39 is 0 Å². The third-order valence-electron chi connectivity index (χ3n) is 2.59. The summed E-state index contributed by atoms with van der Waals surface area (Å²) in [4.78, 5) is 2.68. The van der Waals surface area contributed by atoms with Crippen LogP contribution in [-0.2, 0) is 0 Å². The maximum atomic E-state index is 3.57. The van der Waals surface area contributed by atoms with Crippen LogP contribution in [0.5, 0.6) is 0 Å². The van der Waals surface area contributed by atoms with Crippen molar-refractivity contribution in [2.45, 2.75) is 19.9 Å². The van der Waals surface area contributed by atoms with Crippen LogP contribution in [0.2, 0.25) is 0 Å². The van der Waals surface area contributed by atoms with Crippen LogP contribution in [0.15, 0.2) is 24.2 Å². The molecule has 0 aliphatic rings. The smallest absolute Gasteiger partial charge is 0.0843 e. The zero-order valence-corrected chi connectivity index (χ0v) is 16.3.